The van der Waals surface area contributed by atoms with Gasteiger partial charge in [0.25, 0.3) is 0 Å². The summed E-state index contributed by atoms with van der Waals surface area (Å²) in [6.07, 6.45) is 4.79. The molecule has 4 N–H and O–H groups in total. The molecule has 0 heterocycles. The van der Waals surface area contributed by atoms with E-state index in [1.54, 1.807) is 0 Å². The fraction of sp³-hybridized carbons (Fsp3) is 1.00. The maximum atomic E-state index is 6.00. The lowest BCUT2D eigenvalue weighted by Crippen LogP contribution is -2.48. The largest absolute Gasteiger partial charge is 0.328 e. The molecule has 0 spiro atoms. The first kappa shape index (κ1) is 12.0. The minimum Gasteiger partial charge on any atom is -0.328 e. The van der Waals surface area contributed by atoms with Gasteiger partial charge in [0.2, 0.25) is 0 Å². The zero-order chi connectivity index (χ0) is 10.8. The predicted molar refractivity (Wildman–Crippen MR) is 61.1 cm³/mol. The molecule has 0 atom stereocenters. The van der Waals surface area contributed by atoms with Crippen LogP contribution in [0.3, 0.4) is 0 Å². The Morgan fingerprint density at radius 1 is 1.21 bits per heavy atom. The van der Waals surface area contributed by atoms with Crippen molar-refractivity contribution in [3.05, 3.63) is 0 Å². The molecule has 0 aromatic heterocycles. The van der Waals surface area contributed by atoms with E-state index in [4.69, 9.17) is 11.5 Å². The van der Waals surface area contributed by atoms with Crippen LogP contribution in [-0.2, 0) is 0 Å². The van der Waals surface area contributed by atoms with Gasteiger partial charge in [0.15, 0.2) is 0 Å². The van der Waals surface area contributed by atoms with Gasteiger partial charge in [-0.3, -0.25) is 0 Å². The van der Waals surface area contributed by atoms with Gasteiger partial charge < -0.3 is 16.4 Å². The maximum absolute atomic E-state index is 6.00. The topological polar surface area (TPSA) is 55.3 Å². The molecule has 1 fully saturated rings. The third-order valence-corrected chi connectivity index (χ3v) is 3.02. The monoisotopic (exact) mass is 199 g/mol. The van der Waals surface area contributed by atoms with Gasteiger partial charge in [0.05, 0.1) is 0 Å². The highest BCUT2D eigenvalue weighted by Crippen LogP contribution is 2.21. The van der Waals surface area contributed by atoms with Gasteiger partial charge in [-0.15, -0.1) is 0 Å². The highest BCUT2D eigenvalue weighted by atomic mass is 15.1. The van der Waals surface area contributed by atoms with Crippen molar-refractivity contribution in [3.63, 3.8) is 0 Å². The van der Waals surface area contributed by atoms with E-state index < -0.39 is 0 Å². The Hall–Kier alpha value is -0.120. The second-order valence-corrected chi connectivity index (χ2v) is 5.47. The summed E-state index contributed by atoms with van der Waals surface area (Å²) in [6.45, 7) is 5.13. The summed E-state index contributed by atoms with van der Waals surface area (Å²) >= 11 is 0. The van der Waals surface area contributed by atoms with Crippen LogP contribution in [0.15, 0.2) is 0 Å². The second-order valence-electron chi connectivity index (χ2n) is 5.47. The van der Waals surface area contributed by atoms with Gasteiger partial charge in [0.1, 0.15) is 0 Å². The molecule has 0 saturated heterocycles. The lowest BCUT2D eigenvalue weighted by molar-refractivity contribution is 0.157. The van der Waals surface area contributed by atoms with Crippen molar-refractivity contribution in [1.82, 2.24) is 4.90 Å². The van der Waals surface area contributed by atoms with Gasteiger partial charge in [0, 0.05) is 24.2 Å². The van der Waals surface area contributed by atoms with Gasteiger partial charge in [-0.2, -0.15) is 0 Å². The number of nitrogens with zero attached hydrogens (tertiary/aromatic N) is 1. The molecule has 1 aliphatic rings. The van der Waals surface area contributed by atoms with E-state index in [-0.39, 0.29) is 5.54 Å². The number of nitrogens with two attached hydrogens (primary N) is 2. The Labute approximate surface area is 87.8 Å². The lowest BCUT2D eigenvalue weighted by atomic mass is 9.90. The van der Waals surface area contributed by atoms with E-state index >= 15 is 0 Å². The molecule has 1 aliphatic carbocycles. The van der Waals surface area contributed by atoms with Crippen LogP contribution < -0.4 is 11.5 Å². The first-order chi connectivity index (χ1) is 6.38. The van der Waals surface area contributed by atoms with Gasteiger partial charge >= 0.3 is 0 Å². The molecule has 0 aromatic rings. The summed E-state index contributed by atoms with van der Waals surface area (Å²) < 4.78 is 0. The Kier molecular flexibility index (Phi) is 3.93. The molecule has 0 amide bonds. The smallest absolute Gasteiger partial charge is 0.0226 e. The number of hydrogen-bond acceptors (Lipinski definition) is 3. The standard InChI is InChI=1S/C11H25N3/c1-11(2,13)8-14(3)10-6-4-9(12)5-7-10/h9-10H,4-8,12-13H2,1-3H3. The average Bonchev–Trinajstić information content (AvgIpc) is 2.02. The molecule has 3 heteroatoms. The molecule has 1 rings (SSSR count). The van der Waals surface area contributed by atoms with Crippen LogP contribution in [0, 0.1) is 0 Å². The number of hydrogen-bond donors (Lipinski definition) is 2. The second kappa shape index (κ2) is 4.60. The van der Waals surface area contributed by atoms with Crippen LogP contribution in [0.2, 0.25) is 0 Å². The predicted octanol–water partition coefficient (Wildman–Crippen LogP) is 0.925. The summed E-state index contributed by atoms with van der Waals surface area (Å²) in [5, 5.41) is 0. The molecule has 84 valence electrons. The fourth-order valence-corrected chi connectivity index (χ4v) is 2.31. The molecule has 0 aliphatic heterocycles. The first-order valence-electron chi connectivity index (χ1n) is 5.63. The molecule has 1 saturated carbocycles. The number of likely N-dealkylation sites (N-methyl/N-ethyl adjacent to an activating group) is 1. The third-order valence-electron chi connectivity index (χ3n) is 3.02. The minimum atomic E-state index is -0.0890. The summed E-state index contributed by atoms with van der Waals surface area (Å²) in [4.78, 5) is 2.39. The van der Waals surface area contributed by atoms with Crippen LogP contribution in [0.25, 0.3) is 0 Å². The van der Waals surface area contributed by atoms with E-state index in [0.29, 0.717) is 12.1 Å². The molecule has 0 bridgehead atoms. The van der Waals surface area contributed by atoms with E-state index in [9.17, 15) is 0 Å². The quantitative estimate of drug-likeness (QED) is 0.711. The zero-order valence-corrected chi connectivity index (χ0v) is 9.79. The van der Waals surface area contributed by atoms with Crippen molar-refractivity contribution in [3.8, 4) is 0 Å². The Bertz CT molecular complexity index is 166. The lowest BCUT2D eigenvalue weighted by Gasteiger charge is -2.36. The average molecular weight is 199 g/mol. The maximum Gasteiger partial charge on any atom is 0.0226 e. The van der Waals surface area contributed by atoms with E-state index in [2.05, 4.69) is 25.8 Å². The van der Waals surface area contributed by atoms with Crippen molar-refractivity contribution in [2.45, 2.75) is 57.2 Å². The summed E-state index contributed by atoms with van der Waals surface area (Å²) in [7, 11) is 2.18. The van der Waals surface area contributed by atoms with Crippen LogP contribution in [0.5, 0.6) is 0 Å². The Morgan fingerprint density at radius 2 is 1.71 bits per heavy atom. The highest BCUT2D eigenvalue weighted by molar-refractivity contribution is 4.84. The van der Waals surface area contributed by atoms with E-state index in [1.807, 2.05) is 0 Å². The summed E-state index contributed by atoms with van der Waals surface area (Å²) in [5.74, 6) is 0. The van der Waals surface area contributed by atoms with Crippen molar-refractivity contribution in [2.75, 3.05) is 13.6 Å². The Balaban J connectivity index is 2.34. The van der Waals surface area contributed by atoms with Crippen LogP contribution in [-0.4, -0.2) is 36.1 Å². The van der Waals surface area contributed by atoms with Gasteiger partial charge in [-0.25, -0.2) is 0 Å². The van der Waals surface area contributed by atoms with Crippen molar-refractivity contribution in [2.24, 2.45) is 11.5 Å². The van der Waals surface area contributed by atoms with Crippen LogP contribution in [0.4, 0.5) is 0 Å². The van der Waals surface area contributed by atoms with Crippen LogP contribution in [0.1, 0.15) is 39.5 Å². The molecular weight excluding hydrogens is 174 g/mol. The third kappa shape index (κ3) is 3.95. The summed E-state index contributed by atoms with van der Waals surface area (Å²) in [5.41, 5.74) is 11.8. The van der Waals surface area contributed by atoms with Crippen molar-refractivity contribution in [1.29, 1.82) is 0 Å². The van der Waals surface area contributed by atoms with Crippen molar-refractivity contribution < 1.29 is 0 Å². The van der Waals surface area contributed by atoms with Crippen LogP contribution >= 0.6 is 0 Å². The fourth-order valence-electron chi connectivity index (χ4n) is 2.31. The normalized spacial score (nSPS) is 29.6. The van der Waals surface area contributed by atoms with Gasteiger partial charge in [-0.1, -0.05) is 0 Å². The molecule has 0 aromatic carbocycles. The molecule has 3 nitrogen and oxygen atoms in total. The molecular formula is C11H25N3. The molecule has 0 radical (unpaired) electrons. The molecule has 0 unspecified atom stereocenters. The van der Waals surface area contributed by atoms with E-state index in [0.717, 1.165) is 6.54 Å². The summed E-state index contributed by atoms with van der Waals surface area (Å²) in [6, 6.07) is 1.13. The Morgan fingerprint density at radius 3 is 2.14 bits per heavy atom. The van der Waals surface area contributed by atoms with Crippen molar-refractivity contribution >= 4 is 0 Å². The SMILES string of the molecule is CN(CC(C)(C)N)C1CCC(N)CC1. The zero-order valence-electron chi connectivity index (χ0n) is 9.79. The van der Waals surface area contributed by atoms with Gasteiger partial charge in [-0.05, 0) is 46.6 Å². The number of rotatable bonds is 3. The first-order valence-corrected chi connectivity index (χ1v) is 5.63. The van der Waals surface area contributed by atoms with E-state index in [1.165, 1.54) is 25.7 Å². The molecule has 14 heavy (non-hydrogen) atoms. The minimum absolute atomic E-state index is 0.0890. The highest BCUT2D eigenvalue weighted by Gasteiger charge is 2.24.